The van der Waals surface area contributed by atoms with E-state index in [2.05, 4.69) is 46.6 Å². The molecule has 1 aliphatic heterocycles. The summed E-state index contributed by atoms with van der Waals surface area (Å²) in [6.07, 6.45) is 7.25. The number of fused-ring (bicyclic) bond motifs is 2. The number of hydrogen-bond donors (Lipinski definition) is 2. The topological polar surface area (TPSA) is 126 Å². The van der Waals surface area contributed by atoms with Crippen LogP contribution in [0.3, 0.4) is 0 Å². The van der Waals surface area contributed by atoms with Gasteiger partial charge in [0.05, 0.1) is 10.5 Å². The molecule has 2 aliphatic rings. The van der Waals surface area contributed by atoms with E-state index in [1.54, 1.807) is 18.3 Å². The van der Waals surface area contributed by atoms with Crippen molar-refractivity contribution in [3.63, 3.8) is 0 Å². The number of nitrogens with zero attached hydrogens (tertiary/aromatic N) is 5. The highest BCUT2D eigenvalue weighted by Gasteiger charge is 2.51. The molecule has 2 aromatic heterocycles. The molecule has 30 heavy (non-hydrogen) atoms. The van der Waals surface area contributed by atoms with Crippen LogP contribution in [0.15, 0.2) is 30.9 Å². The van der Waals surface area contributed by atoms with Gasteiger partial charge in [-0.25, -0.2) is 9.97 Å². The van der Waals surface area contributed by atoms with E-state index in [1.807, 2.05) is 4.90 Å². The number of anilines is 2. The number of hydrazine groups is 1. The van der Waals surface area contributed by atoms with Gasteiger partial charge in [-0.3, -0.25) is 30.7 Å². The Morgan fingerprint density at radius 2 is 2.10 bits per heavy atom. The first-order chi connectivity index (χ1) is 14.2. The Morgan fingerprint density at radius 3 is 2.80 bits per heavy atom. The predicted molar refractivity (Wildman–Crippen MR) is 111 cm³/mol. The second-order valence-electron chi connectivity index (χ2n) is 9.31. The summed E-state index contributed by atoms with van der Waals surface area (Å²) in [7, 11) is 0. The van der Waals surface area contributed by atoms with E-state index in [-0.39, 0.29) is 28.4 Å². The third kappa shape index (κ3) is 3.77. The molecular formula is C20H25N7O3. The third-order valence-corrected chi connectivity index (χ3v) is 5.89. The van der Waals surface area contributed by atoms with E-state index >= 15 is 0 Å². The van der Waals surface area contributed by atoms with Gasteiger partial charge in [0.15, 0.2) is 0 Å². The summed E-state index contributed by atoms with van der Waals surface area (Å²) in [5.41, 5.74) is 5.40. The molecule has 0 aromatic carbocycles. The number of carbonyl (C=O) groups is 1. The summed E-state index contributed by atoms with van der Waals surface area (Å²) in [6.45, 7) is 7.44. The SMILES string of the molecule is CC1(C)CC2CC(C)(CN2c2ncnc(NNC(=O)c3cccnc3)c2[N+](=O)[O-])C1. The summed E-state index contributed by atoms with van der Waals surface area (Å²) >= 11 is 0. The molecule has 2 fully saturated rings. The summed E-state index contributed by atoms with van der Waals surface area (Å²) in [5.74, 6) is -0.225. The van der Waals surface area contributed by atoms with Gasteiger partial charge in [-0.15, -0.1) is 0 Å². The zero-order chi connectivity index (χ0) is 21.5. The average molecular weight is 411 g/mol. The maximum Gasteiger partial charge on any atom is 0.355 e. The molecule has 4 rings (SSSR count). The van der Waals surface area contributed by atoms with Crippen molar-refractivity contribution in [1.82, 2.24) is 20.4 Å². The van der Waals surface area contributed by atoms with Crippen LogP contribution in [0.1, 0.15) is 50.4 Å². The lowest BCUT2D eigenvalue weighted by atomic mass is 9.65. The van der Waals surface area contributed by atoms with Crippen LogP contribution < -0.4 is 15.8 Å². The van der Waals surface area contributed by atoms with Gasteiger partial charge in [0.2, 0.25) is 11.6 Å². The summed E-state index contributed by atoms with van der Waals surface area (Å²) in [5, 5.41) is 11.9. The van der Waals surface area contributed by atoms with Gasteiger partial charge in [-0.05, 0) is 42.2 Å². The van der Waals surface area contributed by atoms with Crippen LogP contribution in [-0.4, -0.2) is 38.4 Å². The molecule has 10 nitrogen and oxygen atoms in total. The summed E-state index contributed by atoms with van der Waals surface area (Å²) < 4.78 is 0. The lowest BCUT2D eigenvalue weighted by Crippen LogP contribution is -2.35. The number of nitro groups is 1. The molecule has 2 bridgehead atoms. The van der Waals surface area contributed by atoms with Gasteiger partial charge in [0.1, 0.15) is 6.33 Å². The van der Waals surface area contributed by atoms with E-state index in [0.717, 1.165) is 19.3 Å². The van der Waals surface area contributed by atoms with Gasteiger partial charge in [0.25, 0.3) is 5.91 Å². The Morgan fingerprint density at radius 1 is 1.30 bits per heavy atom. The Kier molecular flexibility index (Phi) is 4.79. The molecular weight excluding hydrogens is 386 g/mol. The largest absolute Gasteiger partial charge is 0.355 e. The van der Waals surface area contributed by atoms with Crippen LogP contribution in [0.4, 0.5) is 17.3 Å². The highest BCUT2D eigenvalue weighted by atomic mass is 16.6. The molecule has 2 atom stereocenters. The van der Waals surface area contributed by atoms with Crippen molar-refractivity contribution >= 4 is 23.2 Å². The van der Waals surface area contributed by atoms with Crippen molar-refractivity contribution in [2.24, 2.45) is 10.8 Å². The minimum Gasteiger partial charge on any atom is -0.347 e. The van der Waals surface area contributed by atoms with Crippen molar-refractivity contribution in [1.29, 1.82) is 0 Å². The van der Waals surface area contributed by atoms with Gasteiger partial charge in [-0.1, -0.05) is 20.8 Å². The zero-order valence-corrected chi connectivity index (χ0v) is 17.3. The van der Waals surface area contributed by atoms with Crippen molar-refractivity contribution < 1.29 is 9.72 Å². The van der Waals surface area contributed by atoms with E-state index in [0.29, 0.717) is 17.9 Å². The third-order valence-electron chi connectivity index (χ3n) is 5.89. The highest BCUT2D eigenvalue weighted by Crippen LogP contribution is 2.54. The van der Waals surface area contributed by atoms with Gasteiger partial charge >= 0.3 is 5.69 Å². The smallest absolute Gasteiger partial charge is 0.347 e. The number of nitrogens with one attached hydrogen (secondary N) is 2. The lowest BCUT2D eigenvalue weighted by Gasteiger charge is -2.39. The molecule has 1 saturated heterocycles. The summed E-state index contributed by atoms with van der Waals surface area (Å²) in [4.78, 5) is 37.9. The number of carbonyl (C=O) groups excluding carboxylic acids is 1. The van der Waals surface area contributed by atoms with Crippen LogP contribution in [0.2, 0.25) is 0 Å². The lowest BCUT2D eigenvalue weighted by molar-refractivity contribution is -0.383. The molecule has 2 aromatic rings. The van der Waals surface area contributed by atoms with Crippen molar-refractivity contribution in [2.45, 2.75) is 46.1 Å². The summed E-state index contributed by atoms with van der Waals surface area (Å²) in [6, 6.07) is 3.41. The fraction of sp³-hybridized carbons (Fsp3) is 0.500. The average Bonchev–Trinajstić information content (AvgIpc) is 2.94. The molecule has 158 valence electrons. The van der Waals surface area contributed by atoms with E-state index in [4.69, 9.17) is 0 Å². The molecule has 1 aliphatic carbocycles. The zero-order valence-electron chi connectivity index (χ0n) is 17.3. The Bertz CT molecular complexity index is 982. The number of amides is 1. The molecule has 2 unspecified atom stereocenters. The Hall–Kier alpha value is -3.30. The standard InChI is InChI=1S/C20H25N7O3/c1-19(2)7-14-8-20(3,10-19)11-26(14)17-15(27(29)30)16(22-12-23-17)24-25-18(28)13-5-4-6-21-9-13/h4-6,9,12,14H,7-8,10-11H2,1-3H3,(H,25,28)(H,22,23,24). The minimum atomic E-state index is -0.496. The first kappa shape index (κ1) is 20.0. The normalized spacial score (nSPS) is 24.4. The highest BCUT2D eigenvalue weighted by molar-refractivity contribution is 5.94. The molecule has 2 N–H and O–H groups in total. The Balaban J connectivity index is 1.61. The van der Waals surface area contributed by atoms with Crippen molar-refractivity contribution in [3.8, 4) is 0 Å². The molecule has 3 heterocycles. The van der Waals surface area contributed by atoms with Crippen molar-refractivity contribution in [2.75, 3.05) is 16.9 Å². The number of rotatable bonds is 5. The maximum atomic E-state index is 12.3. The monoisotopic (exact) mass is 411 g/mol. The molecule has 0 spiro atoms. The number of hydrogen-bond acceptors (Lipinski definition) is 8. The van der Waals surface area contributed by atoms with Crippen LogP contribution in [0.5, 0.6) is 0 Å². The van der Waals surface area contributed by atoms with Crippen LogP contribution in [-0.2, 0) is 0 Å². The fourth-order valence-electron chi connectivity index (χ4n) is 5.23. The molecule has 10 heteroatoms. The minimum absolute atomic E-state index is 0.0481. The van der Waals surface area contributed by atoms with E-state index in [9.17, 15) is 14.9 Å². The van der Waals surface area contributed by atoms with Gasteiger partial charge in [0, 0.05) is 25.0 Å². The first-order valence-corrected chi connectivity index (χ1v) is 9.90. The second kappa shape index (κ2) is 7.19. The number of aromatic nitrogens is 3. The predicted octanol–water partition coefficient (Wildman–Crippen LogP) is 2.94. The van der Waals surface area contributed by atoms with E-state index < -0.39 is 10.8 Å². The molecule has 0 radical (unpaired) electrons. The van der Waals surface area contributed by atoms with Gasteiger partial charge < -0.3 is 4.90 Å². The maximum absolute atomic E-state index is 12.3. The van der Waals surface area contributed by atoms with Crippen molar-refractivity contribution in [3.05, 3.63) is 46.5 Å². The van der Waals surface area contributed by atoms with Crippen LogP contribution in [0.25, 0.3) is 0 Å². The quantitative estimate of drug-likeness (QED) is 0.568. The molecule has 1 saturated carbocycles. The Labute approximate surface area is 174 Å². The van der Waals surface area contributed by atoms with E-state index in [1.165, 1.54) is 12.5 Å². The first-order valence-electron chi connectivity index (χ1n) is 9.90. The van der Waals surface area contributed by atoms with Crippen LogP contribution in [0, 0.1) is 20.9 Å². The van der Waals surface area contributed by atoms with Gasteiger partial charge in [-0.2, -0.15) is 0 Å². The molecule has 1 amide bonds. The van der Waals surface area contributed by atoms with Crippen LogP contribution >= 0.6 is 0 Å². The second-order valence-corrected chi connectivity index (χ2v) is 9.31. The number of pyridine rings is 1. The fourth-order valence-corrected chi connectivity index (χ4v) is 5.23.